The van der Waals surface area contributed by atoms with Gasteiger partial charge in [0.2, 0.25) is 23.6 Å². The van der Waals surface area contributed by atoms with Crippen molar-refractivity contribution in [3.8, 4) is 178 Å². The van der Waals surface area contributed by atoms with Crippen molar-refractivity contribution in [1.82, 2.24) is 59.8 Å². The van der Waals surface area contributed by atoms with E-state index in [0.717, 1.165) is 177 Å². The normalized spacial score (nSPS) is 11.2. The van der Waals surface area contributed by atoms with Gasteiger partial charge in [0.1, 0.15) is 32.1 Å². The molecule has 14 aromatic carbocycles. The van der Waals surface area contributed by atoms with Gasteiger partial charge in [0.15, 0.2) is 22.3 Å². The molecule has 0 N–H and O–H groups in total. The maximum Gasteiger partial charge on any atom is 0.228 e. The molecule has 0 spiro atoms. The zero-order valence-electron chi connectivity index (χ0n) is 74.6. The van der Waals surface area contributed by atoms with Crippen LogP contribution in [0.4, 0.5) is 0 Å². The first-order chi connectivity index (χ1) is 68.7. The molecule has 0 aliphatic carbocycles. The molecule has 0 aliphatic rings. The highest BCUT2D eigenvalue weighted by Crippen LogP contribution is 2.41. The molecule has 0 bridgehead atoms. The van der Waals surface area contributed by atoms with Crippen LogP contribution in [-0.4, -0.2) is 59.8 Å². The summed E-state index contributed by atoms with van der Waals surface area (Å²) in [5.41, 5.74) is 37.1. The van der Waals surface area contributed by atoms with E-state index >= 15 is 0 Å². The van der Waals surface area contributed by atoms with Gasteiger partial charge in [-0.05, 0) is 237 Å². The van der Waals surface area contributed by atoms with E-state index in [-0.39, 0.29) is 0 Å². The molecule has 26 aromatic rings. The third-order valence-corrected chi connectivity index (χ3v) is 26.1. The van der Waals surface area contributed by atoms with Crippen LogP contribution in [0.1, 0.15) is 5.56 Å². The van der Waals surface area contributed by atoms with Crippen molar-refractivity contribution >= 4 is 87.5 Å². The molecule has 0 amide bonds. The highest BCUT2D eigenvalue weighted by Gasteiger charge is 2.20. The average molecular weight is 1830 g/mol. The number of thiazole rings is 2. The molecule has 0 atom stereocenters. The molecule has 0 radical (unpaired) electrons. The largest absolute Gasteiger partial charge is 0.436 e. The highest BCUT2D eigenvalue weighted by atomic mass is 32.1. The number of fused-ring (bicyclic) bond motifs is 6. The summed E-state index contributed by atoms with van der Waals surface area (Å²) in [5, 5.41) is 1.97. The molecular formula is C121H78N12O4S2. The molecule has 0 fully saturated rings. The monoisotopic (exact) mass is 1830 g/mol. The topological polar surface area (TPSA) is 207 Å². The van der Waals surface area contributed by atoms with Crippen molar-refractivity contribution in [2.45, 2.75) is 6.92 Å². The summed E-state index contributed by atoms with van der Waals surface area (Å²) in [5.74, 6) is 2.32. The van der Waals surface area contributed by atoms with E-state index in [1.54, 1.807) is 47.5 Å². The Hall–Kier alpha value is -18.4. The Morgan fingerprint density at radius 2 is 0.367 bits per heavy atom. The Balaban J connectivity index is 0.000000104. The van der Waals surface area contributed by atoms with E-state index in [1.807, 2.05) is 219 Å². The molecular weight excluding hydrogens is 1750 g/mol. The average Bonchev–Trinajstić information content (AvgIpc) is 1.69. The lowest BCUT2D eigenvalue weighted by Gasteiger charge is -2.10. The zero-order valence-corrected chi connectivity index (χ0v) is 76.3. The first kappa shape index (κ1) is 84.9. The molecule has 18 heteroatoms. The minimum atomic E-state index is 0.532. The fourth-order valence-corrected chi connectivity index (χ4v) is 18.9. The fourth-order valence-electron chi connectivity index (χ4n) is 17.0. The van der Waals surface area contributed by atoms with Gasteiger partial charge >= 0.3 is 0 Å². The van der Waals surface area contributed by atoms with Crippen molar-refractivity contribution in [3.05, 3.63) is 462 Å². The molecule has 0 unspecified atom stereocenters. The maximum absolute atomic E-state index is 5.99. The Morgan fingerprint density at radius 3 is 0.691 bits per heavy atom. The van der Waals surface area contributed by atoms with Crippen LogP contribution in [-0.2, 0) is 0 Å². The van der Waals surface area contributed by atoms with Gasteiger partial charge in [-0.25, -0.2) is 29.9 Å². The number of benzene rings is 14. The fraction of sp³-hybridized carbons (Fsp3) is 0.00826. The smallest absolute Gasteiger partial charge is 0.228 e. The van der Waals surface area contributed by atoms with E-state index in [4.69, 9.17) is 27.6 Å². The summed E-state index contributed by atoms with van der Waals surface area (Å²) >= 11 is 3.39. The van der Waals surface area contributed by atoms with E-state index in [9.17, 15) is 0 Å². The van der Waals surface area contributed by atoms with E-state index < -0.39 is 0 Å². The number of oxazole rings is 4. The molecule has 0 saturated carbocycles. The van der Waals surface area contributed by atoms with Gasteiger partial charge in [-0.1, -0.05) is 224 Å². The summed E-state index contributed by atoms with van der Waals surface area (Å²) in [4.78, 5) is 55.1. The van der Waals surface area contributed by atoms with Crippen LogP contribution in [0.5, 0.6) is 0 Å². The van der Waals surface area contributed by atoms with E-state index in [2.05, 4.69) is 269 Å². The molecule has 0 saturated heterocycles. The van der Waals surface area contributed by atoms with Crippen LogP contribution < -0.4 is 0 Å². The standard InChI is InChI=1S/C32H20N2O2.C31H20N4S2.C29H17N5O2.C29H21N/c1-3-16-29-27(14-1)33-31(35-29)25-12-6-10-23(19-25)21-8-5-9-22(18-21)24-11-7-13-26(20-24)32-34-28-15-2-4-17-30(28)36-32;1-19-10-20(22-13-24(17-32-15-22)30-34-26-6-2-4-8-28(26)36-30)12-21(11-19)23-14-25(18-33-16-23)31-35-27-7-3-5-9-29(27)37-31;1-3-7-26-24(5-1)33-28(35-26)22-10-20(14-31-16-22)18-9-19(13-30-12-18)21-11-23(17-32-15-21)29-34-25-6-2-4-8-27(25)36-29;1-3-9-22(10-4-1)24-13-7-15-26(17-24)28-19-29(21-30-20-28)27-16-8-14-25(18-27)23-11-5-2-6-12-23/h1-20H;2-18H,1H3;1-17H;1-21H. The van der Waals surface area contributed by atoms with Gasteiger partial charge in [0, 0.05) is 141 Å². The minimum Gasteiger partial charge on any atom is -0.436 e. The van der Waals surface area contributed by atoms with Gasteiger partial charge < -0.3 is 17.7 Å². The van der Waals surface area contributed by atoms with Gasteiger partial charge in [0.25, 0.3) is 0 Å². The number of hydrogen-bond acceptors (Lipinski definition) is 18. The Morgan fingerprint density at radius 1 is 0.158 bits per heavy atom. The number of rotatable bonds is 16. The summed E-state index contributed by atoms with van der Waals surface area (Å²) in [6, 6.07) is 130. The van der Waals surface area contributed by atoms with Crippen LogP contribution in [0.2, 0.25) is 0 Å². The van der Waals surface area contributed by atoms with Crippen LogP contribution >= 0.6 is 22.7 Å². The summed E-state index contributed by atoms with van der Waals surface area (Å²) < 4.78 is 26.2. The summed E-state index contributed by atoms with van der Waals surface area (Å²) in [7, 11) is 0. The molecule has 0 aliphatic heterocycles. The highest BCUT2D eigenvalue weighted by molar-refractivity contribution is 7.22. The van der Waals surface area contributed by atoms with Crippen LogP contribution in [0.15, 0.2) is 474 Å². The third-order valence-electron chi connectivity index (χ3n) is 23.9. The number of aromatic nitrogens is 12. The van der Waals surface area contributed by atoms with E-state index in [0.29, 0.717) is 23.6 Å². The number of hydrogen-bond donors (Lipinski definition) is 0. The maximum atomic E-state index is 5.99. The Labute approximate surface area is 806 Å². The molecule has 658 valence electrons. The lowest BCUT2D eigenvalue weighted by molar-refractivity contribution is 0.619. The second kappa shape index (κ2) is 38.3. The summed E-state index contributed by atoms with van der Waals surface area (Å²) in [6.07, 6.45) is 22.2. The van der Waals surface area contributed by atoms with Crippen molar-refractivity contribution < 1.29 is 17.7 Å². The quantitative estimate of drug-likeness (QED) is 0.0881. The number of aryl methyl sites for hydroxylation is 1. The van der Waals surface area contributed by atoms with Crippen molar-refractivity contribution in [2.75, 3.05) is 0 Å². The molecule has 12 heterocycles. The molecule has 139 heavy (non-hydrogen) atoms. The lowest BCUT2D eigenvalue weighted by atomic mass is 9.96. The molecule has 16 nitrogen and oxygen atoms in total. The molecule has 26 rings (SSSR count). The first-order valence-corrected chi connectivity index (χ1v) is 46.9. The molecule has 12 aromatic heterocycles. The lowest BCUT2D eigenvalue weighted by Crippen LogP contribution is -1.88. The first-order valence-electron chi connectivity index (χ1n) is 45.3. The van der Waals surface area contributed by atoms with Crippen LogP contribution in [0, 0.1) is 6.92 Å². The Bertz CT molecular complexity index is 8020. The van der Waals surface area contributed by atoms with Crippen LogP contribution in [0.25, 0.3) is 243 Å². The third kappa shape index (κ3) is 18.7. The van der Waals surface area contributed by atoms with Gasteiger partial charge in [-0.2, -0.15) is 0 Å². The van der Waals surface area contributed by atoms with Crippen LogP contribution in [0.3, 0.4) is 0 Å². The zero-order chi connectivity index (χ0) is 92.7. The van der Waals surface area contributed by atoms with E-state index in [1.165, 1.54) is 48.3 Å². The number of nitrogens with zero attached hydrogens (tertiary/aromatic N) is 12. The second-order valence-corrected chi connectivity index (χ2v) is 35.5. The van der Waals surface area contributed by atoms with Crippen molar-refractivity contribution in [1.29, 1.82) is 0 Å². The SMILES string of the molecule is Cc1cc(-c2cncc(-c3nc4ccccc4s3)c2)cc(-c2cncc(-c3nc4ccccc4s3)c2)c1.c1cc(-c2cccc(-c3nc4ccccc4o3)c2)cc(-c2cccc(-c3nc4ccccc4o3)c2)c1.c1ccc(-c2cccc(-c3cncc(-c4cccc(-c5ccccc5)c4)c3)c2)cc1.c1ccc2oc(-c3cncc(-c4cncc(-c5cncc(-c6nc7ccccc7o6)c5)c4)c3)nc2c1. The second-order valence-electron chi connectivity index (χ2n) is 33.4. The number of pyridine rings is 6. The number of para-hydroxylation sites is 10. The van der Waals surface area contributed by atoms with Gasteiger partial charge in [-0.3, -0.25) is 29.9 Å². The van der Waals surface area contributed by atoms with Crippen molar-refractivity contribution in [3.63, 3.8) is 0 Å². The Kier molecular flexibility index (Phi) is 23.4. The summed E-state index contributed by atoms with van der Waals surface area (Å²) in [6.45, 7) is 2.13. The van der Waals surface area contributed by atoms with Gasteiger partial charge in [0.05, 0.1) is 31.6 Å². The predicted molar refractivity (Wildman–Crippen MR) is 561 cm³/mol. The van der Waals surface area contributed by atoms with Gasteiger partial charge in [-0.15, -0.1) is 22.7 Å². The minimum absolute atomic E-state index is 0.532. The van der Waals surface area contributed by atoms with Crippen molar-refractivity contribution in [2.24, 2.45) is 0 Å². The predicted octanol–water partition coefficient (Wildman–Crippen LogP) is 31.9.